The minimum absolute atomic E-state index is 0.347. The van der Waals surface area contributed by atoms with Crippen LogP contribution in [-0.2, 0) is 0 Å². The number of aliphatic imine (C=N–C) groups is 1. The van der Waals surface area contributed by atoms with Gasteiger partial charge in [-0.05, 0) is 30.3 Å². The first kappa shape index (κ1) is 15.6. The number of anilines is 2. The Bertz CT molecular complexity index is 763. The number of carbonyl (C=O) groups is 1. The Kier molecular flexibility index (Phi) is 4.69. The van der Waals surface area contributed by atoms with E-state index in [1.54, 1.807) is 34.8 Å². The SMILES string of the molecule is O=C(Nc1cccc(Cl)c1)Nc1cccc(C2=NCCN2Cl)c1. The maximum Gasteiger partial charge on any atom is 0.323 e. The number of nitrogens with one attached hydrogen (secondary N) is 2. The average molecular weight is 349 g/mol. The third-order valence-electron chi connectivity index (χ3n) is 3.25. The van der Waals surface area contributed by atoms with Gasteiger partial charge in [0.1, 0.15) is 5.84 Å². The fourth-order valence-corrected chi connectivity index (χ4v) is 2.67. The molecule has 118 valence electrons. The molecule has 2 amide bonds. The van der Waals surface area contributed by atoms with Crippen LogP contribution in [0.5, 0.6) is 0 Å². The summed E-state index contributed by atoms with van der Waals surface area (Å²) in [5, 5.41) is 6.07. The van der Waals surface area contributed by atoms with Crippen LogP contribution in [0.4, 0.5) is 16.2 Å². The molecule has 1 aliphatic heterocycles. The number of amides is 2. The zero-order valence-electron chi connectivity index (χ0n) is 12.1. The van der Waals surface area contributed by atoms with E-state index >= 15 is 0 Å². The normalized spacial score (nSPS) is 13.7. The monoisotopic (exact) mass is 348 g/mol. The highest BCUT2D eigenvalue weighted by Gasteiger charge is 2.17. The van der Waals surface area contributed by atoms with Crippen LogP contribution < -0.4 is 10.6 Å². The predicted octanol–water partition coefficient (Wildman–Crippen LogP) is 4.20. The van der Waals surface area contributed by atoms with Crippen molar-refractivity contribution in [3.8, 4) is 0 Å². The van der Waals surface area contributed by atoms with Crippen molar-refractivity contribution in [3.05, 3.63) is 59.1 Å². The topological polar surface area (TPSA) is 56.7 Å². The summed E-state index contributed by atoms with van der Waals surface area (Å²) >= 11 is 12.0. The summed E-state index contributed by atoms with van der Waals surface area (Å²) < 4.78 is 1.57. The van der Waals surface area contributed by atoms with Crippen molar-refractivity contribution in [3.63, 3.8) is 0 Å². The van der Waals surface area contributed by atoms with Gasteiger partial charge in [-0.25, -0.2) is 4.79 Å². The van der Waals surface area contributed by atoms with Gasteiger partial charge in [0.15, 0.2) is 0 Å². The summed E-state index contributed by atoms with van der Waals surface area (Å²) in [5.74, 6) is 0.713. The highest BCUT2D eigenvalue weighted by molar-refractivity contribution is 6.31. The molecule has 2 aromatic carbocycles. The van der Waals surface area contributed by atoms with Crippen LogP contribution in [0.2, 0.25) is 5.02 Å². The molecule has 1 aliphatic rings. The van der Waals surface area contributed by atoms with Gasteiger partial charge in [-0.15, -0.1) is 0 Å². The Labute approximate surface area is 144 Å². The molecule has 0 unspecified atom stereocenters. The first-order valence-electron chi connectivity index (χ1n) is 7.03. The Morgan fingerprint density at radius 2 is 1.78 bits per heavy atom. The van der Waals surface area contributed by atoms with Crippen molar-refractivity contribution in [2.45, 2.75) is 0 Å². The zero-order chi connectivity index (χ0) is 16.2. The Morgan fingerprint density at radius 3 is 2.43 bits per heavy atom. The fourth-order valence-electron chi connectivity index (χ4n) is 2.25. The number of nitrogens with zero attached hydrogens (tertiary/aromatic N) is 2. The number of rotatable bonds is 3. The second-order valence-electron chi connectivity index (χ2n) is 4.96. The molecule has 5 nitrogen and oxygen atoms in total. The highest BCUT2D eigenvalue weighted by Crippen LogP contribution is 2.18. The Hall–Kier alpha value is -2.24. The summed E-state index contributed by atoms with van der Waals surface area (Å²) in [6, 6.07) is 14.0. The van der Waals surface area contributed by atoms with Gasteiger partial charge >= 0.3 is 6.03 Å². The molecule has 0 atom stereocenters. The standard InChI is InChI=1S/C16H14Cl2N4O/c17-12-4-2-6-14(10-12)21-16(23)20-13-5-1-3-11(9-13)15-19-7-8-22(15)18/h1-6,9-10H,7-8H2,(H2,20,21,23). The molecule has 2 N–H and O–H groups in total. The number of urea groups is 1. The number of hydrogen-bond donors (Lipinski definition) is 2. The van der Waals surface area contributed by atoms with E-state index in [0.29, 0.717) is 35.3 Å². The third-order valence-corrected chi connectivity index (χ3v) is 3.81. The van der Waals surface area contributed by atoms with E-state index in [2.05, 4.69) is 15.6 Å². The van der Waals surface area contributed by atoms with Gasteiger partial charge in [0.2, 0.25) is 0 Å². The summed E-state index contributed by atoms with van der Waals surface area (Å²) in [5.41, 5.74) is 2.14. The van der Waals surface area contributed by atoms with Gasteiger partial charge in [0.25, 0.3) is 0 Å². The number of hydrogen-bond acceptors (Lipinski definition) is 3. The number of benzene rings is 2. The lowest BCUT2D eigenvalue weighted by Crippen LogP contribution is -2.20. The van der Waals surface area contributed by atoms with Crippen LogP contribution in [0.25, 0.3) is 0 Å². The lowest BCUT2D eigenvalue weighted by Gasteiger charge is -2.12. The first-order chi connectivity index (χ1) is 11.1. The lowest BCUT2D eigenvalue weighted by atomic mass is 10.2. The van der Waals surface area contributed by atoms with Gasteiger partial charge in [0, 0.05) is 33.7 Å². The van der Waals surface area contributed by atoms with Crippen LogP contribution >= 0.6 is 23.4 Å². The van der Waals surface area contributed by atoms with Crippen molar-refractivity contribution in [2.24, 2.45) is 4.99 Å². The maximum absolute atomic E-state index is 12.1. The smallest absolute Gasteiger partial charge is 0.308 e. The van der Waals surface area contributed by atoms with E-state index in [0.717, 1.165) is 5.56 Å². The van der Waals surface area contributed by atoms with Crippen molar-refractivity contribution in [2.75, 3.05) is 23.7 Å². The van der Waals surface area contributed by atoms with Crippen LogP contribution in [0.1, 0.15) is 5.56 Å². The molecule has 0 saturated heterocycles. The Balaban J connectivity index is 1.69. The minimum Gasteiger partial charge on any atom is -0.308 e. The number of halogens is 2. The predicted molar refractivity (Wildman–Crippen MR) is 94.5 cm³/mol. The highest BCUT2D eigenvalue weighted by atomic mass is 35.5. The van der Waals surface area contributed by atoms with E-state index in [-0.39, 0.29) is 6.03 Å². The van der Waals surface area contributed by atoms with Crippen LogP contribution in [0.3, 0.4) is 0 Å². The molecule has 1 heterocycles. The summed E-state index contributed by atoms with van der Waals surface area (Å²) in [4.78, 5) is 16.4. The molecular weight excluding hydrogens is 335 g/mol. The summed E-state index contributed by atoms with van der Waals surface area (Å²) in [6.45, 7) is 1.36. The number of carbonyl (C=O) groups excluding carboxylic acids is 1. The van der Waals surface area contributed by atoms with E-state index in [1.165, 1.54) is 0 Å². The van der Waals surface area contributed by atoms with Gasteiger partial charge in [-0.3, -0.25) is 9.41 Å². The third kappa shape index (κ3) is 3.94. The van der Waals surface area contributed by atoms with E-state index < -0.39 is 0 Å². The molecule has 0 fully saturated rings. The molecule has 0 bridgehead atoms. The quantitative estimate of drug-likeness (QED) is 0.816. The van der Waals surface area contributed by atoms with E-state index in [4.69, 9.17) is 23.4 Å². The van der Waals surface area contributed by atoms with Crippen molar-refractivity contribution < 1.29 is 4.79 Å². The van der Waals surface area contributed by atoms with Crippen molar-refractivity contribution in [1.82, 2.24) is 4.42 Å². The van der Waals surface area contributed by atoms with Crippen molar-refractivity contribution in [1.29, 1.82) is 0 Å². The van der Waals surface area contributed by atoms with Gasteiger partial charge in [-0.2, -0.15) is 0 Å². The maximum atomic E-state index is 12.1. The molecule has 0 aromatic heterocycles. The minimum atomic E-state index is -0.347. The van der Waals surface area contributed by atoms with E-state index in [9.17, 15) is 4.79 Å². The van der Waals surface area contributed by atoms with Crippen LogP contribution in [-0.4, -0.2) is 29.4 Å². The molecule has 0 spiro atoms. The second-order valence-corrected chi connectivity index (χ2v) is 5.81. The van der Waals surface area contributed by atoms with Gasteiger partial charge in [-0.1, -0.05) is 29.8 Å². The van der Waals surface area contributed by atoms with E-state index in [1.807, 2.05) is 18.2 Å². The van der Waals surface area contributed by atoms with Gasteiger partial charge < -0.3 is 10.6 Å². The Morgan fingerprint density at radius 1 is 1.09 bits per heavy atom. The molecule has 23 heavy (non-hydrogen) atoms. The first-order valence-corrected chi connectivity index (χ1v) is 7.75. The summed E-state index contributed by atoms with van der Waals surface area (Å²) in [6.07, 6.45) is 0. The van der Waals surface area contributed by atoms with Crippen molar-refractivity contribution >= 4 is 46.6 Å². The summed E-state index contributed by atoms with van der Waals surface area (Å²) in [7, 11) is 0. The largest absolute Gasteiger partial charge is 0.323 e. The molecule has 0 radical (unpaired) electrons. The average Bonchev–Trinajstić information content (AvgIpc) is 2.93. The zero-order valence-corrected chi connectivity index (χ0v) is 13.6. The number of amidine groups is 1. The molecule has 2 aromatic rings. The molecular formula is C16H14Cl2N4O. The van der Waals surface area contributed by atoms with Gasteiger partial charge in [0.05, 0.1) is 13.1 Å². The molecule has 0 aliphatic carbocycles. The molecule has 3 rings (SSSR count). The second kappa shape index (κ2) is 6.89. The molecule has 0 saturated carbocycles. The molecule has 7 heteroatoms. The fraction of sp³-hybridized carbons (Fsp3) is 0.125. The lowest BCUT2D eigenvalue weighted by molar-refractivity contribution is 0.262. The van der Waals surface area contributed by atoms with Crippen LogP contribution in [0, 0.1) is 0 Å². The van der Waals surface area contributed by atoms with Crippen LogP contribution in [0.15, 0.2) is 53.5 Å².